The minimum absolute atomic E-state index is 0.130. The van der Waals surface area contributed by atoms with Gasteiger partial charge in [-0.25, -0.2) is 10.3 Å². The number of likely N-dealkylation sites (N-methyl/N-ethyl adjacent to an activating group) is 1. The lowest BCUT2D eigenvalue weighted by molar-refractivity contribution is -0.120. The van der Waals surface area contributed by atoms with Gasteiger partial charge in [0, 0.05) is 50.4 Å². The highest BCUT2D eigenvalue weighted by atomic mass is 16.6. The van der Waals surface area contributed by atoms with Crippen molar-refractivity contribution in [2.75, 3.05) is 41.4 Å². The molecule has 1 aliphatic carbocycles. The molecule has 0 aromatic carbocycles. The van der Waals surface area contributed by atoms with Crippen LogP contribution >= 0.6 is 0 Å². The summed E-state index contributed by atoms with van der Waals surface area (Å²) in [6, 6.07) is 0. The summed E-state index contributed by atoms with van der Waals surface area (Å²) in [4.78, 5) is 53.9. The van der Waals surface area contributed by atoms with Gasteiger partial charge in [-0.3, -0.25) is 19.6 Å². The van der Waals surface area contributed by atoms with Gasteiger partial charge < -0.3 is 34.9 Å². The zero-order valence-electron chi connectivity index (χ0n) is 27.4. The number of methoxy groups -OCH3 is 2. The van der Waals surface area contributed by atoms with E-state index in [4.69, 9.17) is 19.4 Å². The number of carbonyl (C=O) groups is 4. The summed E-state index contributed by atoms with van der Waals surface area (Å²) < 4.78 is 16.6. The Morgan fingerprint density at radius 2 is 1.82 bits per heavy atom. The number of aliphatic hydroxyl groups is 1. The molecule has 2 rings (SSSR count). The van der Waals surface area contributed by atoms with E-state index in [1.54, 1.807) is 32.9 Å². The number of ether oxygens (including phenoxy) is 3. The maximum absolute atomic E-state index is 13.7. The second-order valence-corrected chi connectivity index (χ2v) is 11.7. The fourth-order valence-corrected chi connectivity index (χ4v) is 5.20. The van der Waals surface area contributed by atoms with Crippen molar-refractivity contribution in [1.82, 2.24) is 21.0 Å². The molecule has 0 spiro atoms. The fourth-order valence-electron chi connectivity index (χ4n) is 5.20. The van der Waals surface area contributed by atoms with Crippen molar-refractivity contribution in [3.63, 3.8) is 0 Å². The molecule has 1 heterocycles. The van der Waals surface area contributed by atoms with Gasteiger partial charge in [-0.05, 0) is 52.3 Å². The second kappa shape index (κ2) is 17.8. The van der Waals surface area contributed by atoms with Crippen LogP contribution in [0.1, 0.15) is 40.5 Å². The van der Waals surface area contributed by atoms with E-state index in [0.717, 1.165) is 6.08 Å². The minimum atomic E-state index is -1.10. The number of nitrogens with zero attached hydrogens (tertiary/aromatic N) is 1. The van der Waals surface area contributed by atoms with Gasteiger partial charge in [0.25, 0.3) is 5.91 Å². The number of hydrogen-bond donors (Lipinski definition) is 5. The highest BCUT2D eigenvalue weighted by Crippen LogP contribution is 2.28. The van der Waals surface area contributed by atoms with Crippen LogP contribution in [0.2, 0.25) is 0 Å². The average Bonchev–Trinajstić information content (AvgIpc) is 2.99. The number of nitrogens with one attached hydrogen (secondary N) is 3. The monoisotopic (exact) mass is 632 g/mol. The summed E-state index contributed by atoms with van der Waals surface area (Å²) in [7, 11) is 6.68. The smallest absolute Gasteiger partial charge is 0.431 e. The van der Waals surface area contributed by atoms with E-state index >= 15 is 0 Å². The fraction of sp³-hybridized carbons (Fsp3) is 0.562. The third-order valence-corrected chi connectivity index (χ3v) is 7.74. The normalized spacial score (nSPS) is 30.5. The van der Waals surface area contributed by atoms with E-state index in [2.05, 4.69) is 10.6 Å². The molecule has 0 unspecified atom stereocenters. The summed E-state index contributed by atoms with van der Waals surface area (Å²) in [5, 5.41) is 26.1. The SMILES string of the molecule is CO[C@H]1/C=C\C=C(/C)C(=O)NC2=CC(=O)C(NCCN(C)C)=C(C[C@@H](C)C[C@H](OC)[C@H](O)[C@@H](C)/C=C(\C)[C@@H]1OC(=O)NO)C2=O. The Kier molecular flexibility index (Phi) is 14.8. The zero-order valence-corrected chi connectivity index (χ0v) is 27.4. The molecule has 250 valence electrons. The van der Waals surface area contributed by atoms with Gasteiger partial charge in [0.2, 0.25) is 11.6 Å². The van der Waals surface area contributed by atoms with Gasteiger partial charge in [-0.1, -0.05) is 38.2 Å². The van der Waals surface area contributed by atoms with E-state index in [1.165, 1.54) is 31.9 Å². The molecule has 45 heavy (non-hydrogen) atoms. The third-order valence-electron chi connectivity index (χ3n) is 7.74. The van der Waals surface area contributed by atoms with Crippen molar-refractivity contribution < 1.29 is 43.7 Å². The van der Waals surface area contributed by atoms with Crippen LogP contribution in [-0.4, -0.2) is 105 Å². The van der Waals surface area contributed by atoms with Crippen molar-refractivity contribution in [2.45, 2.75) is 65.0 Å². The molecule has 2 bridgehead atoms. The van der Waals surface area contributed by atoms with E-state index < -0.39 is 53.9 Å². The largest absolute Gasteiger partial charge is 0.437 e. The maximum Gasteiger partial charge on any atom is 0.431 e. The van der Waals surface area contributed by atoms with Crippen molar-refractivity contribution >= 4 is 23.6 Å². The quantitative estimate of drug-likeness (QED) is 0.120. The average molecular weight is 633 g/mol. The highest BCUT2D eigenvalue weighted by molar-refractivity contribution is 6.23. The lowest BCUT2D eigenvalue weighted by Crippen LogP contribution is -2.38. The van der Waals surface area contributed by atoms with Crippen molar-refractivity contribution in [1.29, 1.82) is 0 Å². The number of amides is 2. The maximum atomic E-state index is 13.7. The van der Waals surface area contributed by atoms with Crippen LogP contribution < -0.4 is 16.1 Å². The van der Waals surface area contributed by atoms with Gasteiger partial charge >= 0.3 is 6.09 Å². The summed E-state index contributed by atoms with van der Waals surface area (Å²) >= 11 is 0. The standard InChI is InChI=1S/C32H48N4O9/c1-18-14-22-27(33-12-13-36(5)6)24(37)17-23(29(22)39)34-31(40)19(2)10-9-11-25(43-7)30(45-32(41)35-42)21(4)16-20(3)28(38)26(15-18)44-8/h9-11,16-18,20,25-26,28,30,33,38,42H,12-15H2,1-8H3,(H,34,40)(H,35,41)/b11-9-,19-10+,21-16+/t18-,20+,25+,26+,28-,30+/m1/s1. The van der Waals surface area contributed by atoms with Gasteiger partial charge in [-0.15, -0.1) is 0 Å². The molecule has 2 aliphatic rings. The van der Waals surface area contributed by atoms with Crippen LogP contribution in [0.15, 0.2) is 58.5 Å². The number of rotatable bonds is 7. The lowest BCUT2D eigenvalue weighted by atomic mass is 9.85. The number of ketones is 2. The molecule has 0 fully saturated rings. The third kappa shape index (κ3) is 10.8. The molecule has 0 aromatic rings. The summed E-state index contributed by atoms with van der Waals surface area (Å²) in [5.74, 6) is -2.17. The number of aliphatic hydroxyl groups excluding tert-OH is 1. The van der Waals surface area contributed by atoms with Crippen molar-refractivity contribution in [2.24, 2.45) is 11.8 Å². The first-order valence-corrected chi connectivity index (χ1v) is 14.8. The van der Waals surface area contributed by atoms with Crippen LogP contribution in [0.5, 0.6) is 0 Å². The van der Waals surface area contributed by atoms with E-state index in [9.17, 15) is 24.3 Å². The molecular weight excluding hydrogens is 584 g/mol. The topological polar surface area (TPSA) is 176 Å². The highest BCUT2D eigenvalue weighted by Gasteiger charge is 2.33. The molecule has 0 radical (unpaired) electrons. The molecule has 5 N–H and O–H groups in total. The number of carbonyl (C=O) groups excluding carboxylic acids is 4. The molecular formula is C32H48N4O9. The van der Waals surface area contributed by atoms with Gasteiger partial charge in [-0.2, -0.15) is 0 Å². The van der Waals surface area contributed by atoms with Crippen molar-refractivity contribution in [3.05, 3.63) is 58.5 Å². The molecule has 0 saturated carbocycles. The Morgan fingerprint density at radius 3 is 2.42 bits per heavy atom. The molecule has 13 nitrogen and oxygen atoms in total. The molecule has 2 amide bonds. The van der Waals surface area contributed by atoms with E-state index in [0.29, 0.717) is 25.1 Å². The predicted octanol–water partition coefficient (Wildman–Crippen LogP) is 1.93. The number of hydroxylamine groups is 1. The first kappa shape index (κ1) is 37.6. The second-order valence-electron chi connectivity index (χ2n) is 11.7. The molecule has 6 atom stereocenters. The Hall–Kier alpha value is -3.62. The molecule has 0 saturated heterocycles. The summed E-state index contributed by atoms with van der Waals surface area (Å²) in [6.07, 6.45) is 3.36. The Bertz CT molecular complexity index is 1250. The van der Waals surface area contributed by atoms with E-state index in [-0.39, 0.29) is 34.9 Å². The van der Waals surface area contributed by atoms with Crippen LogP contribution in [0.4, 0.5) is 4.79 Å². The Labute approximate surface area is 265 Å². The van der Waals surface area contributed by atoms with Crippen LogP contribution in [-0.2, 0) is 28.6 Å². The number of fused-ring (bicyclic) bond motifs is 2. The summed E-state index contributed by atoms with van der Waals surface area (Å²) in [5.41, 5.74) is 2.52. The van der Waals surface area contributed by atoms with Crippen LogP contribution in [0.3, 0.4) is 0 Å². The Morgan fingerprint density at radius 1 is 1.13 bits per heavy atom. The van der Waals surface area contributed by atoms with Crippen molar-refractivity contribution in [3.8, 4) is 0 Å². The first-order chi connectivity index (χ1) is 21.2. The zero-order chi connectivity index (χ0) is 33.8. The number of allylic oxidation sites excluding steroid dienone is 4. The van der Waals surface area contributed by atoms with E-state index in [1.807, 2.05) is 25.9 Å². The number of hydrogen-bond acceptors (Lipinski definition) is 11. The first-order valence-electron chi connectivity index (χ1n) is 14.8. The van der Waals surface area contributed by atoms with Gasteiger partial charge in [0.1, 0.15) is 6.10 Å². The lowest BCUT2D eigenvalue weighted by Gasteiger charge is -2.30. The number of Topliss-reactive ketones (excluding diaryl/α,β-unsaturated/α-hetero) is 1. The molecule has 0 aromatic heterocycles. The van der Waals surface area contributed by atoms with Gasteiger partial charge in [0.05, 0.1) is 23.6 Å². The predicted molar refractivity (Wildman–Crippen MR) is 167 cm³/mol. The molecule has 13 heteroatoms. The molecule has 1 aliphatic heterocycles. The summed E-state index contributed by atoms with van der Waals surface area (Å²) in [6.45, 7) is 7.98. The Balaban J connectivity index is 2.61. The minimum Gasteiger partial charge on any atom is -0.437 e. The van der Waals surface area contributed by atoms with Crippen LogP contribution in [0.25, 0.3) is 0 Å². The van der Waals surface area contributed by atoms with Gasteiger partial charge in [0.15, 0.2) is 6.10 Å². The van der Waals surface area contributed by atoms with Crippen LogP contribution in [0, 0.1) is 11.8 Å².